The van der Waals surface area contributed by atoms with Crippen molar-refractivity contribution < 1.29 is 13.2 Å². The van der Waals surface area contributed by atoms with Gasteiger partial charge in [0.25, 0.3) is 0 Å². The minimum absolute atomic E-state index is 0.0838. The lowest BCUT2D eigenvalue weighted by atomic mass is 10.4. The summed E-state index contributed by atoms with van der Waals surface area (Å²) in [5.74, 6) is 0.0838. The van der Waals surface area contributed by atoms with Crippen LogP contribution in [0.2, 0.25) is 0 Å². The van der Waals surface area contributed by atoms with E-state index in [1.165, 1.54) is 7.11 Å². The molecule has 0 radical (unpaired) electrons. The van der Waals surface area contributed by atoms with Crippen LogP contribution in [0.15, 0.2) is 12.7 Å². The third kappa shape index (κ3) is 5.36. The molecule has 0 saturated heterocycles. The van der Waals surface area contributed by atoms with Crippen LogP contribution in [0.25, 0.3) is 0 Å². The highest BCUT2D eigenvalue weighted by Crippen LogP contribution is 2.00. The van der Waals surface area contributed by atoms with E-state index in [0.29, 0.717) is 13.1 Å². The maximum atomic E-state index is 11.5. The second-order valence-electron chi connectivity index (χ2n) is 3.12. The fourth-order valence-electron chi connectivity index (χ4n) is 0.916. The second kappa shape index (κ2) is 6.98. The van der Waals surface area contributed by atoms with Gasteiger partial charge in [-0.25, -0.2) is 8.42 Å². The van der Waals surface area contributed by atoms with Crippen molar-refractivity contribution in [3.63, 3.8) is 0 Å². The fourth-order valence-corrected chi connectivity index (χ4v) is 2.09. The maximum Gasteiger partial charge on any atom is 0.156 e. The molecule has 0 aromatic rings. The van der Waals surface area contributed by atoms with Crippen LogP contribution in [0, 0.1) is 0 Å². The molecule has 0 saturated carbocycles. The number of sulfone groups is 1. The summed E-state index contributed by atoms with van der Waals surface area (Å²) in [6.07, 6.45) is 1.70. The normalized spacial score (nSPS) is 13.9. The monoisotopic (exact) mass is 221 g/mol. The van der Waals surface area contributed by atoms with E-state index in [1.807, 2.05) is 0 Å². The summed E-state index contributed by atoms with van der Waals surface area (Å²) in [4.78, 5) is 0. The van der Waals surface area contributed by atoms with Crippen LogP contribution < -0.4 is 5.32 Å². The second-order valence-corrected chi connectivity index (χ2v) is 5.66. The van der Waals surface area contributed by atoms with Crippen LogP contribution in [-0.2, 0) is 14.6 Å². The zero-order chi connectivity index (χ0) is 11.0. The van der Waals surface area contributed by atoms with E-state index in [1.54, 1.807) is 13.0 Å². The van der Waals surface area contributed by atoms with Gasteiger partial charge < -0.3 is 10.1 Å². The van der Waals surface area contributed by atoms with Gasteiger partial charge in [-0.15, -0.1) is 6.58 Å². The molecule has 84 valence electrons. The van der Waals surface area contributed by atoms with Gasteiger partial charge in [-0.2, -0.15) is 0 Å². The van der Waals surface area contributed by atoms with Crippen molar-refractivity contribution in [3.05, 3.63) is 12.7 Å². The summed E-state index contributed by atoms with van der Waals surface area (Å²) in [6, 6.07) is 0. The summed E-state index contributed by atoms with van der Waals surface area (Å²) >= 11 is 0. The summed E-state index contributed by atoms with van der Waals surface area (Å²) in [5.41, 5.74) is 0. The van der Waals surface area contributed by atoms with Crippen LogP contribution in [0.4, 0.5) is 0 Å². The third-order valence-electron chi connectivity index (χ3n) is 1.91. The number of methoxy groups -OCH3 is 1. The molecule has 1 atom stereocenters. The van der Waals surface area contributed by atoms with E-state index < -0.39 is 9.84 Å². The summed E-state index contributed by atoms with van der Waals surface area (Å²) in [5, 5.41) is 2.60. The molecule has 14 heavy (non-hydrogen) atoms. The summed E-state index contributed by atoms with van der Waals surface area (Å²) in [7, 11) is -1.53. The van der Waals surface area contributed by atoms with Crippen molar-refractivity contribution in [1.82, 2.24) is 5.32 Å². The molecule has 0 fully saturated rings. The molecule has 0 heterocycles. The minimum Gasteiger partial charge on any atom is -0.384 e. The van der Waals surface area contributed by atoms with Gasteiger partial charge in [0.1, 0.15) is 0 Å². The number of nitrogens with one attached hydrogen (secondary N) is 1. The largest absolute Gasteiger partial charge is 0.384 e. The molecule has 0 aliphatic rings. The topological polar surface area (TPSA) is 55.4 Å². The van der Waals surface area contributed by atoms with Gasteiger partial charge in [0.15, 0.2) is 9.84 Å². The molecule has 1 N–H and O–H groups in total. The van der Waals surface area contributed by atoms with Crippen molar-refractivity contribution >= 4 is 9.84 Å². The van der Waals surface area contributed by atoms with Crippen molar-refractivity contribution in [3.8, 4) is 0 Å². The zero-order valence-electron chi connectivity index (χ0n) is 8.82. The highest BCUT2D eigenvalue weighted by molar-refractivity contribution is 7.92. The zero-order valence-corrected chi connectivity index (χ0v) is 9.64. The Morgan fingerprint density at radius 3 is 2.71 bits per heavy atom. The Bertz CT molecular complexity index is 249. The summed E-state index contributed by atoms with van der Waals surface area (Å²) < 4.78 is 27.8. The Hall–Kier alpha value is -0.390. The number of hydrogen-bond donors (Lipinski definition) is 1. The Balaban J connectivity index is 3.94. The molecular formula is C9H19NO3S. The van der Waals surface area contributed by atoms with E-state index in [2.05, 4.69) is 11.9 Å². The fraction of sp³-hybridized carbons (Fsp3) is 0.778. The quantitative estimate of drug-likeness (QED) is 0.470. The first kappa shape index (κ1) is 13.6. The van der Waals surface area contributed by atoms with Gasteiger partial charge in [0, 0.05) is 20.2 Å². The first-order valence-corrected chi connectivity index (χ1v) is 6.28. The molecule has 0 amide bonds. The molecule has 0 aliphatic carbocycles. The van der Waals surface area contributed by atoms with Gasteiger partial charge in [0.05, 0.1) is 17.6 Å². The number of rotatable bonds is 8. The smallest absolute Gasteiger partial charge is 0.156 e. The molecule has 0 aromatic carbocycles. The number of ether oxygens (including phenoxy) is 1. The van der Waals surface area contributed by atoms with Crippen molar-refractivity contribution in [1.29, 1.82) is 0 Å². The highest BCUT2D eigenvalue weighted by Gasteiger charge is 2.19. The molecule has 0 aliphatic heterocycles. The van der Waals surface area contributed by atoms with E-state index in [9.17, 15) is 8.42 Å². The van der Waals surface area contributed by atoms with Gasteiger partial charge >= 0.3 is 0 Å². The Labute approximate surface area is 86.3 Å². The van der Waals surface area contributed by atoms with Crippen LogP contribution in [-0.4, -0.2) is 46.2 Å². The SMILES string of the molecule is C=CCNCC(C)S(=O)(=O)CCOC. The van der Waals surface area contributed by atoms with Gasteiger partial charge in [-0.1, -0.05) is 6.08 Å². The Morgan fingerprint density at radius 2 is 2.21 bits per heavy atom. The lowest BCUT2D eigenvalue weighted by Gasteiger charge is -2.12. The lowest BCUT2D eigenvalue weighted by molar-refractivity contribution is 0.217. The van der Waals surface area contributed by atoms with Crippen molar-refractivity contribution in [2.75, 3.05) is 32.6 Å². The maximum absolute atomic E-state index is 11.5. The van der Waals surface area contributed by atoms with Crippen LogP contribution >= 0.6 is 0 Å². The predicted molar refractivity (Wildman–Crippen MR) is 58.2 cm³/mol. The first-order valence-electron chi connectivity index (χ1n) is 4.56. The molecule has 4 nitrogen and oxygen atoms in total. The Morgan fingerprint density at radius 1 is 1.57 bits per heavy atom. The predicted octanol–water partition coefficient (Wildman–Crippen LogP) is 0.212. The molecular weight excluding hydrogens is 202 g/mol. The Kier molecular flexibility index (Phi) is 6.78. The van der Waals surface area contributed by atoms with Crippen molar-refractivity contribution in [2.24, 2.45) is 0 Å². The van der Waals surface area contributed by atoms with Gasteiger partial charge in [0.2, 0.25) is 0 Å². The molecule has 0 bridgehead atoms. The average molecular weight is 221 g/mol. The minimum atomic E-state index is -3.02. The summed E-state index contributed by atoms with van der Waals surface area (Å²) in [6.45, 7) is 6.58. The lowest BCUT2D eigenvalue weighted by Crippen LogP contribution is -2.33. The van der Waals surface area contributed by atoms with E-state index in [0.717, 1.165) is 0 Å². The van der Waals surface area contributed by atoms with Crippen LogP contribution in [0.5, 0.6) is 0 Å². The first-order chi connectivity index (χ1) is 6.54. The molecule has 0 rings (SSSR count). The highest BCUT2D eigenvalue weighted by atomic mass is 32.2. The van der Waals surface area contributed by atoms with Crippen molar-refractivity contribution in [2.45, 2.75) is 12.2 Å². The molecule has 5 heteroatoms. The van der Waals surface area contributed by atoms with E-state index in [-0.39, 0.29) is 17.6 Å². The average Bonchev–Trinajstić information content (AvgIpc) is 2.15. The third-order valence-corrected chi connectivity index (χ3v) is 4.03. The molecule has 1 unspecified atom stereocenters. The van der Waals surface area contributed by atoms with Gasteiger partial charge in [-0.05, 0) is 6.92 Å². The number of hydrogen-bond acceptors (Lipinski definition) is 4. The van der Waals surface area contributed by atoms with E-state index in [4.69, 9.17) is 4.74 Å². The van der Waals surface area contributed by atoms with E-state index >= 15 is 0 Å². The van der Waals surface area contributed by atoms with Gasteiger partial charge in [-0.3, -0.25) is 0 Å². The molecule has 0 spiro atoms. The standard InChI is InChI=1S/C9H19NO3S/c1-4-5-10-8-9(2)14(11,12)7-6-13-3/h4,9-10H,1,5-8H2,2-3H3. The molecule has 0 aromatic heterocycles. The van der Waals surface area contributed by atoms with Crippen LogP contribution in [0.3, 0.4) is 0 Å². The van der Waals surface area contributed by atoms with Crippen LogP contribution in [0.1, 0.15) is 6.92 Å².